The second kappa shape index (κ2) is 5.98. The van der Waals surface area contributed by atoms with Crippen molar-refractivity contribution in [2.24, 2.45) is 0 Å². The summed E-state index contributed by atoms with van der Waals surface area (Å²) in [7, 11) is 0. The SMILES string of the molecule is CC(C)(C)OC(=O)N1[C@@H]2C[C@H](c3cnc(N)c(Br)c3)[C@H]1c1ccccc12. The molecule has 2 aliphatic heterocycles. The fraction of sp³-hybridized carbons (Fsp3) is 0.400. The third-order valence-electron chi connectivity index (χ3n) is 5.09. The number of hydrogen-bond donors (Lipinski definition) is 1. The predicted octanol–water partition coefficient (Wildman–Crippen LogP) is 4.95. The van der Waals surface area contributed by atoms with E-state index in [0.29, 0.717) is 5.82 Å². The summed E-state index contributed by atoms with van der Waals surface area (Å²) in [6, 6.07) is 10.3. The zero-order valence-corrected chi connectivity index (χ0v) is 16.7. The average Bonchev–Trinajstić information content (AvgIpc) is 3.10. The maximum absolute atomic E-state index is 12.9. The molecule has 2 N–H and O–H groups in total. The number of amides is 1. The minimum Gasteiger partial charge on any atom is -0.444 e. The fourth-order valence-electron chi connectivity index (χ4n) is 4.14. The number of halogens is 1. The second-order valence-corrected chi connectivity index (χ2v) is 8.81. The molecule has 1 aromatic heterocycles. The van der Waals surface area contributed by atoms with Crippen molar-refractivity contribution in [3.8, 4) is 0 Å². The van der Waals surface area contributed by atoms with Gasteiger partial charge in [0, 0.05) is 12.1 Å². The first-order valence-electron chi connectivity index (χ1n) is 8.77. The Morgan fingerprint density at radius 1 is 1.31 bits per heavy atom. The maximum Gasteiger partial charge on any atom is 0.411 e. The lowest BCUT2D eigenvalue weighted by molar-refractivity contribution is 0.0172. The van der Waals surface area contributed by atoms with E-state index in [1.54, 1.807) is 0 Å². The molecule has 3 heterocycles. The van der Waals surface area contributed by atoms with Crippen LogP contribution in [0.2, 0.25) is 0 Å². The number of anilines is 1. The van der Waals surface area contributed by atoms with Gasteiger partial charge in [0.25, 0.3) is 0 Å². The van der Waals surface area contributed by atoms with E-state index in [4.69, 9.17) is 10.5 Å². The molecule has 4 rings (SSSR count). The number of aromatic nitrogens is 1. The van der Waals surface area contributed by atoms with Gasteiger partial charge in [-0.15, -0.1) is 0 Å². The molecule has 5 nitrogen and oxygen atoms in total. The summed E-state index contributed by atoms with van der Waals surface area (Å²) in [5.74, 6) is 0.646. The number of hydrogen-bond acceptors (Lipinski definition) is 4. The van der Waals surface area contributed by atoms with Crippen molar-refractivity contribution in [2.45, 2.75) is 50.8 Å². The van der Waals surface area contributed by atoms with Crippen LogP contribution in [0.5, 0.6) is 0 Å². The molecule has 2 bridgehead atoms. The van der Waals surface area contributed by atoms with Gasteiger partial charge in [0.2, 0.25) is 0 Å². The van der Waals surface area contributed by atoms with Crippen LogP contribution >= 0.6 is 15.9 Å². The van der Waals surface area contributed by atoms with Gasteiger partial charge in [-0.25, -0.2) is 9.78 Å². The number of rotatable bonds is 1. The van der Waals surface area contributed by atoms with E-state index >= 15 is 0 Å². The highest BCUT2D eigenvalue weighted by molar-refractivity contribution is 9.10. The van der Waals surface area contributed by atoms with E-state index in [1.807, 2.05) is 50.1 Å². The molecular weight excluding hydrogens is 394 g/mol. The van der Waals surface area contributed by atoms with Crippen LogP contribution in [0.15, 0.2) is 41.0 Å². The Balaban J connectivity index is 1.74. The van der Waals surface area contributed by atoms with Crippen LogP contribution < -0.4 is 5.73 Å². The first-order valence-corrected chi connectivity index (χ1v) is 9.56. The van der Waals surface area contributed by atoms with Gasteiger partial charge < -0.3 is 10.5 Å². The smallest absolute Gasteiger partial charge is 0.411 e. The Labute approximate surface area is 161 Å². The van der Waals surface area contributed by atoms with Crippen LogP contribution in [0.1, 0.15) is 61.9 Å². The normalized spacial score (nSPS) is 23.8. The van der Waals surface area contributed by atoms with Crippen molar-refractivity contribution in [1.82, 2.24) is 9.88 Å². The van der Waals surface area contributed by atoms with Gasteiger partial charge in [-0.3, -0.25) is 4.90 Å². The highest BCUT2D eigenvalue weighted by Gasteiger charge is 2.53. The van der Waals surface area contributed by atoms with E-state index in [-0.39, 0.29) is 24.1 Å². The summed E-state index contributed by atoms with van der Waals surface area (Å²) in [6.45, 7) is 5.69. The Hall–Kier alpha value is -2.08. The van der Waals surface area contributed by atoms with Crippen molar-refractivity contribution < 1.29 is 9.53 Å². The molecular formula is C20H22BrN3O2. The molecule has 0 radical (unpaired) electrons. The van der Waals surface area contributed by atoms with Crippen molar-refractivity contribution in [2.75, 3.05) is 5.73 Å². The van der Waals surface area contributed by atoms with Gasteiger partial charge in [-0.2, -0.15) is 0 Å². The van der Waals surface area contributed by atoms with Crippen LogP contribution in [-0.4, -0.2) is 21.6 Å². The maximum atomic E-state index is 12.9. The monoisotopic (exact) mass is 415 g/mol. The van der Waals surface area contributed by atoms with Gasteiger partial charge in [0.05, 0.1) is 16.6 Å². The van der Waals surface area contributed by atoms with Crippen molar-refractivity contribution in [1.29, 1.82) is 0 Å². The summed E-state index contributed by atoms with van der Waals surface area (Å²) in [5, 5.41) is 0. The summed E-state index contributed by atoms with van der Waals surface area (Å²) < 4.78 is 6.49. The van der Waals surface area contributed by atoms with E-state index in [2.05, 4.69) is 33.0 Å². The highest BCUT2D eigenvalue weighted by atomic mass is 79.9. The number of carbonyl (C=O) groups is 1. The largest absolute Gasteiger partial charge is 0.444 e. The van der Waals surface area contributed by atoms with Crippen LogP contribution in [0, 0.1) is 0 Å². The number of benzene rings is 1. The molecule has 3 atom stereocenters. The fourth-order valence-corrected chi connectivity index (χ4v) is 4.50. The first kappa shape index (κ1) is 17.3. The molecule has 1 fully saturated rings. The Morgan fingerprint density at radius 3 is 2.65 bits per heavy atom. The third-order valence-corrected chi connectivity index (χ3v) is 5.73. The lowest BCUT2D eigenvalue weighted by Gasteiger charge is -2.29. The zero-order valence-electron chi connectivity index (χ0n) is 15.1. The molecule has 0 spiro atoms. The molecule has 0 unspecified atom stereocenters. The Bertz CT molecular complexity index is 878. The summed E-state index contributed by atoms with van der Waals surface area (Å²) in [6.07, 6.45) is 2.42. The second-order valence-electron chi connectivity index (χ2n) is 7.96. The minimum atomic E-state index is -0.521. The van der Waals surface area contributed by atoms with Crippen molar-refractivity contribution in [3.05, 3.63) is 57.7 Å². The summed E-state index contributed by atoms with van der Waals surface area (Å²) >= 11 is 3.47. The third kappa shape index (κ3) is 2.76. The van der Waals surface area contributed by atoms with E-state index in [9.17, 15) is 4.79 Å². The Kier molecular flexibility index (Phi) is 3.99. The lowest BCUT2D eigenvalue weighted by atomic mass is 9.80. The number of nitrogens with two attached hydrogens (primary N) is 1. The summed E-state index contributed by atoms with van der Waals surface area (Å²) in [5.41, 5.74) is 8.83. The minimum absolute atomic E-state index is 0.0346. The number of pyridine rings is 1. The van der Waals surface area contributed by atoms with E-state index < -0.39 is 5.60 Å². The molecule has 0 saturated carbocycles. The standard InChI is InChI=1S/C20H22BrN3O2/c1-20(2,3)26-19(25)24-16-9-14(11-8-15(21)18(22)23-10-11)17(24)13-7-5-4-6-12(13)16/h4-8,10,14,16-17H,9H2,1-3H3,(H2,22,23)/t14-,16-,17-/m1/s1. The van der Waals surface area contributed by atoms with Gasteiger partial charge in [0.15, 0.2) is 0 Å². The van der Waals surface area contributed by atoms with Crippen LogP contribution in [0.25, 0.3) is 0 Å². The van der Waals surface area contributed by atoms with Gasteiger partial charge in [-0.05, 0) is 65.9 Å². The van der Waals surface area contributed by atoms with Crippen molar-refractivity contribution >= 4 is 27.8 Å². The van der Waals surface area contributed by atoms with Gasteiger partial charge in [-0.1, -0.05) is 24.3 Å². The molecule has 26 heavy (non-hydrogen) atoms. The zero-order chi connectivity index (χ0) is 18.6. The average molecular weight is 416 g/mol. The topological polar surface area (TPSA) is 68.5 Å². The summed E-state index contributed by atoms with van der Waals surface area (Å²) in [4.78, 5) is 19.1. The molecule has 0 aliphatic carbocycles. The predicted molar refractivity (Wildman–Crippen MR) is 104 cm³/mol. The first-order chi connectivity index (χ1) is 12.3. The number of nitrogen functional groups attached to an aromatic ring is 1. The van der Waals surface area contributed by atoms with Gasteiger partial charge >= 0.3 is 6.09 Å². The molecule has 1 amide bonds. The number of fused-ring (bicyclic) bond motifs is 5. The van der Waals surface area contributed by atoms with E-state index in [1.165, 1.54) is 11.1 Å². The molecule has 1 saturated heterocycles. The Morgan fingerprint density at radius 2 is 2.00 bits per heavy atom. The molecule has 2 aliphatic rings. The van der Waals surface area contributed by atoms with Gasteiger partial charge in [0.1, 0.15) is 11.4 Å². The number of carbonyl (C=O) groups excluding carboxylic acids is 1. The van der Waals surface area contributed by atoms with E-state index in [0.717, 1.165) is 16.5 Å². The van der Waals surface area contributed by atoms with Crippen LogP contribution in [-0.2, 0) is 4.74 Å². The van der Waals surface area contributed by atoms with Crippen LogP contribution in [0.3, 0.4) is 0 Å². The number of ether oxygens (including phenoxy) is 1. The quantitative estimate of drug-likeness (QED) is 0.715. The van der Waals surface area contributed by atoms with Crippen LogP contribution in [0.4, 0.5) is 10.6 Å². The highest BCUT2D eigenvalue weighted by Crippen LogP contribution is 2.60. The lowest BCUT2D eigenvalue weighted by Crippen LogP contribution is -2.35. The molecule has 1 aromatic carbocycles. The van der Waals surface area contributed by atoms with Crippen molar-refractivity contribution in [3.63, 3.8) is 0 Å². The molecule has 6 heteroatoms. The number of nitrogens with zero attached hydrogens (tertiary/aromatic N) is 2. The molecule has 2 aromatic rings. The molecule has 136 valence electrons.